The van der Waals surface area contributed by atoms with Crippen LogP contribution >= 0.6 is 0 Å². The van der Waals surface area contributed by atoms with E-state index in [2.05, 4.69) is 20.4 Å². The number of aromatic nitrogens is 3. The Kier molecular flexibility index (Phi) is 4.04. The lowest BCUT2D eigenvalue weighted by molar-refractivity contribution is 0.210. The number of nitrogens with zero attached hydrogens (tertiary/aromatic N) is 3. The molecule has 0 aliphatic rings. The minimum Gasteiger partial charge on any atom is -0.383 e. The van der Waals surface area contributed by atoms with Crippen LogP contribution in [0.2, 0.25) is 0 Å². The van der Waals surface area contributed by atoms with E-state index in [-0.39, 0.29) is 0 Å². The molecule has 0 fully saturated rings. The number of rotatable bonds is 6. The Morgan fingerprint density at radius 2 is 2.18 bits per heavy atom. The van der Waals surface area contributed by atoms with Gasteiger partial charge in [-0.3, -0.25) is 4.98 Å². The fraction of sp³-hybridized carbons (Fsp3) is 0.364. The van der Waals surface area contributed by atoms with E-state index in [1.165, 1.54) is 0 Å². The molecular weight excluding hydrogens is 220 g/mol. The first-order chi connectivity index (χ1) is 8.38. The quantitative estimate of drug-likeness (QED) is 0.755. The second kappa shape index (κ2) is 5.95. The molecule has 2 rings (SSSR count). The van der Waals surface area contributed by atoms with Crippen molar-refractivity contribution in [1.29, 1.82) is 0 Å². The first-order valence-corrected chi connectivity index (χ1v) is 5.33. The van der Waals surface area contributed by atoms with Gasteiger partial charge in [0, 0.05) is 32.5 Å². The molecule has 0 spiro atoms. The summed E-state index contributed by atoms with van der Waals surface area (Å²) in [6.07, 6.45) is 4.12. The van der Waals surface area contributed by atoms with Crippen molar-refractivity contribution in [3.63, 3.8) is 0 Å². The largest absolute Gasteiger partial charge is 0.383 e. The van der Waals surface area contributed by atoms with Crippen molar-refractivity contribution in [2.75, 3.05) is 25.6 Å². The molecule has 2 aromatic rings. The average molecular weight is 234 g/mol. The van der Waals surface area contributed by atoms with E-state index in [0.29, 0.717) is 31.4 Å². The number of hydrogen-bond donors (Lipinski definition) is 1. The molecule has 1 N–H and O–H groups in total. The van der Waals surface area contributed by atoms with Crippen molar-refractivity contribution >= 4 is 6.01 Å². The zero-order valence-electron chi connectivity index (χ0n) is 9.59. The predicted octanol–water partition coefficient (Wildman–Crippen LogP) is 1.11. The van der Waals surface area contributed by atoms with Crippen LogP contribution < -0.4 is 5.32 Å². The first-order valence-electron chi connectivity index (χ1n) is 5.33. The Labute approximate surface area is 99.0 Å². The summed E-state index contributed by atoms with van der Waals surface area (Å²) in [6, 6.07) is 4.27. The Hall–Kier alpha value is -1.95. The highest BCUT2D eigenvalue weighted by atomic mass is 16.5. The van der Waals surface area contributed by atoms with Gasteiger partial charge < -0.3 is 14.6 Å². The number of hydrogen-bond acceptors (Lipinski definition) is 6. The molecule has 0 atom stereocenters. The average Bonchev–Trinajstić information content (AvgIpc) is 2.79. The Morgan fingerprint density at radius 1 is 1.35 bits per heavy atom. The third-order valence-corrected chi connectivity index (χ3v) is 2.16. The summed E-state index contributed by atoms with van der Waals surface area (Å²) in [5.74, 6) is 0.649. The van der Waals surface area contributed by atoms with Crippen LogP contribution in [0.4, 0.5) is 6.01 Å². The molecular formula is C11H14N4O2. The lowest BCUT2D eigenvalue weighted by Crippen LogP contribution is -2.07. The summed E-state index contributed by atoms with van der Waals surface area (Å²) in [5.41, 5.74) is 1.10. The molecule has 6 nitrogen and oxygen atoms in total. The molecule has 0 unspecified atom stereocenters. The topological polar surface area (TPSA) is 73.1 Å². The van der Waals surface area contributed by atoms with Gasteiger partial charge in [0.2, 0.25) is 0 Å². The molecule has 0 bridgehead atoms. The third kappa shape index (κ3) is 3.53. The van der Waals surface area contributed by atoms with Gasteiger partial charge in [-0.25, -0.2) is 0 Å². The van der Waals surface area contributed by atoms with Crippen LogP contribution in [0.15, 0.2) is 29.0 Å². The van der Waals surface area contributed by atoms with Crippen molar-refractivity contribution in [3.05, 3.63) is 35.9 Å². The molecule has 0 aromatic carbocycles. The molecule has 0 aliphatic carbocycles. The van der Waals surface area contributed by atoms with Crippen LogP contribution in [-0.4, -0.2) is 35.4 Å². The van der Waals surface area contributed by atoms with E-state index in [0.717, 1.165) is 5.56 Å². The van der Waals surface area contributed by atoms with E-state index in [1.54, 1.807) is 19.5 Å². The Balaban J connectivity index is 1.90. The fourth-order valence-electron chi connectivity index (χ4n) is 1.34. The van der Waals surface area contributed by atoms with Crippen molar-refractivity contribution < 1.29 is 9.26 Å². The van der Waals surface area contributed by atoms with E-state index in [4.69, 9.17) is 9.26 Å². The van der Waals surface area contributed by atoms with Gasteiger partial charge in [0.15, 0.2) is 5.82 Å². The lowest BCUT2D eigenvalue weighted by atomic mass is 10.2. The summed E-state index contributed by atoms with van der Waals surface area (Å²) in [7, 11) is 1.64. The van der Waals surface area contributed by atoms with Gasteiger partial charge in [-0.1, -0.05) is 5.16 Å². The minimum atomic E-state index is 0.422. The molecule has 17 heavy (non-hydrogen) atoms. The highest BCUT2D eigenvalue weighted by molar-refractivity contribution is 5.21. The zero-order chi connectivity index (χ0) is 11.9. The van der Waals surface area contributed by atoms with Gasteiger partial charge in [0.1, 0.15) is 0 Å². The van der Waals surface area contributed by atoms with Gasteiger partial charge >= 0.3 is 6.01 Å². The number of methoxy groups -OCH3 is 1. The molecule has 0 aliphatic heterocycles. The second-order valence-electron chi connectivity index (χ2n) is 3.47. The van der Waals surface area contributed by atoms with Crippen molar-refractivity contribution in [2.24, 2.45) is 0 Å². The standard InChI is InChI=1S/C11H14N4O2/c1-16-7-6-13-11-14-10(15-17-11)8-9-2-4-12-5-3-9/h2-5H,6-8H2,1H3,(H,13,14,15). The molecule has 2 aromatic heterocycles. The summed E-state index contributed by atoms with van der Waals surface area (Å²) in [5, 5.41) is 6.85. The third-order valence-electron chi connectivity index (χ3n) is 2.16. The SMILES string of the molecule is COCCNc1nc(Cc2ccncc2)no1. The predicted molar refractivity (Wildman–Crippen MR) is 61.7 cm³/mol. The van der Waals surface area contributed by atoms with Gasteiger partial charge in [-0.2, -0.15) is 4.98 Å². The number of nitrogens with one attached hydrogen (secondary N) is 1. The van der Waals surface area contributed by atoms with Crippen LogP contribution in [0.3, 0.4) is 0 Å². The highest BCUT2D eigenvalue weighted by Crippen LogP contribution is 2.08. The number of ether oxygens (including phenoxy) is 1. The van der Waals surface area contributed by atoms with E-state index < -0.39 is 0 Å². The van der Waals surface area contributed by atoms with Crippen molar-refractivity contribution in [3.8, 4) is 0 Å². The summed E-state index contributed by atoms with van der Waals surface area (Å²) >= 11 is 0. The maximum atomic E-state index is 5.04. The van der Waals surface area contributed by atoms with Crippen LogP contribution in [-0.2, 0) is 11.2 Å². The van der Waals surface area contributed by atoms with Crippen LogP contribution in [0.25, 0.3) is 0 Å². The van der Waals surface area contributed by atoms with E-state index >= 15 is 0 Å². The van der Waals surface area contributed by atoms with Gasteiger partial charge in [0.25, 0.3) is 0 Å². The molecule has 2 heterocycles. The fourth-order valence-corrected chi connectivity index (χ4v) is 1.34. The normalized spacial score (nSPS) is 10.4. The van der Waals surface area contributed by atoms with Crippen LogP contribution in [0.5, 0.6) is 0 Å². The molecule has 0 radical (unpaired) electrons. The Morgan fingerprint density at radius 3 is 2.94 bits per heavy atom. The number of anilines is 1. The minimum absolute atomic E-state index is 0.422. The van der Waals surface area contributed by atoms with Crippen LogP contribution in [0, 0.1) is 0 Å². The Bertz CT molecular complexity index is 444. The van der Waals surface area contributed by atoms with E-state index in [9.17, 15) is 0 Å². The van der Waals surface area contributed by atoms with Gasteiger partial charge in [0.05, 0.1) is 6.61 Å². The van der Waals surface area contributed by atoms with E-state index in [1.807, 2.05) is 12.1 Å². The maximum Gasteiger partial charge on any atom is 0.321 e. The van der Waals surface area contributed by atoms with Crippen LogP contribution in [0.1, 0.15) is 11.4 Å². The van der Waals surface area contributed by atoms with Gasteiger partial charge in [-0.15, -0.1) is 0 Å². The summed E-state index contributed by atoms with van der Waals surface area (Å²) in [6.45, 7) is 1.25. The molecule has 0 saturated heterocycles. The smallest absolute Gasteiger partial charge is 0.321 e. The van der Waals surface area contributed by atoms with Crippen molar-refractivity contribution in [1.82, 2.24) is 15.1 Å². The van der Waals surface area contributed by atoms with Gasteiger partial charge in [-0.05, 0) is 17.7 Å². The van der Waals surface area contributed by atoms with Crippen molar-refractivity contribution in [2.45, 2.75) is 6.42 Å². The molecule has 90 valence electrons. The molecule has 6 heteroatoms. The first kappa shape index (κ1) is 11.5. The summed E-state index contributed by atoms with van der Waals surface area (Å²) in [4.78, 5) is 8.16. The summed E-state index contributed by atoms with van der Waals surface area (Å²) < 4.78 is 9.95. The number of pyridine rings is 1. The molecule has 0 amide bonds. The molecule has 0 saturated carbocycles. The maximum absolute atomic E-state index is 5.04. The lowest BCUT2D eigenvalue weighted by Gasteiger charge is -1.97. The highest BCUT2D eigenvalue weighted by Gasteiger charge is 2.05. The monoisotopic (exact) mass is 234 g/mol. The second-order valence-corrected chi connectivity index (χ2v) is 3.47. The zero-order valence-corrected chi connectivity index (χ0v) is 9.59.